The normalized spacial score (nSPS) is 16.0. The largest absolute Gasteiger partial charge is 0.424 e. The zero-order valence-corrected chi connectivity index (χ0v) is 17.8. The first-order valence-corrected chi connectivity index (χ1v) is 10.6. The molecule has 166 valence electrons. The molecule has 10 nitrogen and oxygen atoms in total. The van der Waals surface area contributed by atoms with Crippen molar-refractivity contribution in [3.63, 3.8) is 0 Å². The van der Waals surface area contributed by atoms with Crippen LogP contribution in [-0.2, 0) is 4.79 Å². The Morgan fingerprint density at radius 3 is 2.70 bits per heavy atom. The summed E-state index contributed by atoms with van der Waals surface area (Å²) in [5.74, 6) is 0.877. The number of fused-ring (bicyclic) bond motifs is 1. The number of benzene rings is 1. The van der Waals surface area contributed by atoms with Crippen molar-refractivity contribution < 1.29 is 9.53 Å². The molecular formula is C23H22N8O2. The van der Waals surface area contributed by atoms with Gasteiger partial charge in [-0.25, -0.2) is 24.6 Å². The lowest BCUT2D eigenvalue weighted by molar-refractivity contribution is -0.127. The zero-order valence-electron chi connectivity index (χ0n) is 17.8. The van der Waals surface area contributed by atoms with Crippen LogP contribution in [0.5, 0.6) is 11.8 Å². The lowest BCUT2D eigenvalue weighted by Gasteiger charge is -2.32. The monoisotopic (exact) mass is 442 g/mol. The Kier molecular flexibility index (Phi) is 5.39. The molecule has 0 spiro atoms. The molecular weight excluding hydrogens is 420 g/mol. The number of carbonyl (C=O) groups is 1. The number of carbonyl (C=O) groups excluding carboxylic acids is 1. The van der Waals surface area contributed by atoms with Crippen molar-refractivity contribution >= 4 is 22.8 Å². The van der Waals surface area contributed by atoms with Crippen LogP contribution >= 0.6 is 0 Å². The van der Waals surface area contributed by atoms with E-state index in [1.807, 2.05) is 35.0 Å². The van der Waals surface area contributed by atoms with Crippen LogP contribution in [0.25, 0.3) is 22.3 Å². The van der Waals surface area contributed by atoms with Crippen LogP contribution < -0.4 is 10.5 Å². The predicted molar refractivity (Wildman–Crippen MR) is 122 cm³/mol. The van der Waals surface area contributed by atoms with Crippen molar-refractivity contribution in [3.05, 3.63) is 61.7 Å². The summed E-state index contributed by atoms with van der Waals surface area (Å²) in [5, 5.41) is 5.46. The minimum absolute atomic E-state index is 0.0465. The Labute approximate surface area is 189 Å². The topological polar surface area (TPSA) is 125 Å². The van der Waals surface area contributed by atoms with E-state index in [4.69, 9.17) is 15.6 Å². The summed E-state index contributed by atoms with van der Waals surface area (Å²) in [6.07, 6.45) is 7.75. The summed E-state index contributed by atoms with van der Waals surface area (Å²) in [6.45, 7) is 4.81. The molecule has 0 aliphatic carbocycles. The number of nitrogens with two attached hydrogens (primary N) is 1. The molecule has 0 saturated carbocycles. The molecule has 1 saturated heterocycles. The number of hydrogen-bond acceptors (Lipinski definition) is 8. The number of likely N-dealkylation sites (tertiary alicyclic amines) is 1. The van der Waals surface area contributed by atoms with Gasteiger partial charge in [0, 0.05) is 31.0 Å². The summed E-state index contributed by atoms with van der Waals surface area (Å²) in [4.78, 5) is 31.2. The average Bonchev–Trinajstić information content (AvgIpc) is 3.26. The molecule has 1 atom stereocenters. The standard InChI is InChI=1S/C23H22N8O2/c1-2-18(32)30-10-6-7-16(13-30)31-22-19(21(24)27-14-28-22)20(29-31)15-11-25-23(26-12-15)33-17-8-4-3-5-9-17/h2-5,8-9,11-12,14,16H,1,6-7,10,13H2,(H2,24,27,28)/t16-/m1/s1. The number of nitrogen functional groups attached to an aromatic ring is 1. The minimum Gasteiger partial charge on any atom is -0.424 e. The zero-order chi connectivity index (χ0) is 22.8. The molecule has 4 heterocycles. The summed E-state index contributed by atoms with van der Waals surface area (Å²) in [5.41, 5.74) is 8.08. The Morgan fingerprint density at radius 2 is 1.94 bits per heavy atom. The van der Waals surface area contributed by atoms with Crippen molar-refractivity contribution in [1.29, 1.82) is 0 Å². The SMILES string of the molecule is C=CC(=O)N1CCC[C@@H](n2nc(-c3cnc(Oc4ccccc4)nc3)c3c(N)ncnc32)C1. The van der Waals surface area contributed by atoms with Crippen LogP contribution in [-0.4, -0.2) is 53.6 Å². The molecule has 5 rings (SSSR count). The van der Waals surface area contributed by atoms with Crippen LogP contribution in [0.2, 0.25) is 0 Å². The van der Waals surface area contributed by atoms with Crippen molar-refractivity contribution in [2.45, 2.75) is 18.9 Å². The van der Waals surface area contributed by atoms with E-state index < -0.39 is 0 Å². The van der Waals surface area contributed by atoms with Crippen molar-refractivity contribution in [3.8, 4) is 23.0 Å². The number of aromatic nitrogens is 6. The lowest BCUT2D eigenvalue weighted by atomic mass is 10.1. The smallest absolute Gasteiger partial charge is 0.321 e. The quantitative estimate of drug-likeness (QED) is 0.468. The fourth-order valence-electron chi connectivity index (χ4n) is 4.02. The Morgan fingerprint density at radius 1 is 1.15 bits per heavy atom. The van der Waals surface area contributed by atoms with Gasteiger partial charge < -0.3 is 15.4 Å². The summed E-state index contributed by atoms with van der Waals surface area (Å²) in [6, 6.07) is 9.49. The van der Waals surface area contributed by atoms with E-state index in [0.29, 0.717) is 46.9 Å². The van der Waals surface area contributed by atoms with Gasteiger partial charge in [-0.3, -0.25) is 4.79 Å². The molecule has 10 heteroatoms. The fourth-order valence-corrected chi connectivity index (χ4v) is 4.02. The van der Waals surface area contributed by atoms with Gasteiger partial charge in [0.05, 0.1) is 11.4 Å². The third kappa shape index (κ3) is 3.98. The van der Waals surface area contributed by atoms with Gasteiger partial charge >= 0.3 is 6.01 Å². The molecule has 4 aromatic rings. The second kappa shape index (κ2) is 8.65. The first kappa shape index (κ1) is 20.6. The van der Waals surface area contributed by atoms with E-state index in [9.17, 15) is 4.79 Å². The molecule has 1 aliphatic rings. The van der Waals surface area contributed by atoms with E-state index in [-0.39, 0.29) is 18.0 Å². The number of hydrogen-bond donors (Lipinski definition) is 1. The van der Waals surface area contributed by atoms with Crippen LogP contribution in [0.1, 0.15) is 18.9 Å². The van der Waals surface area contributed by atoms with Gasteiger partial charge in [0.25, 0.3) is 0 Å². The van der Waals surface area contributed by atoms with Crippen molar-refractivity contribution in [2.75, 3.05) is 18.8 Å². The lowest BCUT2D eigenvalue weighted by Crippen LogP contribution is -2.40. The number of amides is 1. The molecule has 1 aliphatic heterocycles. The number of rotatable bonds is 5. The van der Waals surface area contributed by atoms with E-state index >= 15 is 0 Å². The molecule has 2 N–H and O–H groups in total. The van der Waals surface area contributed by atoms with E-state index in [1.165, 1.54) is 12.4 Å². The average molecular weight is 442 g/mol. The van der Waals surface area contributed by atoms with E-state index in [1.54, 1.807) is 17.3 Å². The molecule has 1 amide bonds. The van der Waals surface area contributed by atoms with E-state index in [2.05, 4.69) is 26.5 Å². The summed E-state index contributed by atoms with van der Waals surface area (Å²) >= 11 is 0. The Hall–Kier alpha value is -4.34. The van der Waals surface area contributed by atoms with Gasteiger partial charge in [-0.05, 0) is 31.1 Å². The maximum absolute atomic E-state index is 12.2. The van der Waals surface area contributed by atoms with Gasteiger partial charge in [0.15, 0.2) is 5.65 Å². The molecule has 1 fully saturated rings. The van der Waals surface area contributed by atoms with Gasteiger partial charge in [0.2, 0.25) is 5.91 Å². The number of nitrogens with zero attached hydrogens (tertiary/aromatic N) is 7. The van der Waals surface area contributed by atoms with Gasteiger partial charge in [-0.1, -0.05) is 24.8 Å². The Balaban J connectivity index is 1.50. The number of anilines is 1. The number of para-hydroxylation sites is 1. The maximum atomic E-state index is 12.2. The predicted octanol–water partition coefficient (Wildman–Crippen LogP) is 3.01. The maximum Gasteiger partial charge on any atom is 0.321 e. The molecule has 0 radical (unpaired) electrons. The van der Waals surface area contributed by atoms with Crippen LogP contribution in [0.15, 0.2) is 61.7 Å². The number of piperidine rings is 1. The molecule has 0 bridgehead atoms. The molecule has 33 heavy (non-hydrogen) atoms. The Bertz CT molecular complexity index is 1300. The third-order valence-electron chi connectivity index (χ3n) is 5.60. The van der Waals surface area contributed by atoms with E-state index in [0.717, 1.165) is 12.8 Å². The second-order valence-electron chi connectivity index (χ2n) is 7.70. The van der Waals surface area contributed by atoms with Crippen molar-refractivity contribution in [1.82, 2.24) is 34.6 Å². The van der Waals surface area contributed by atoms with Gasteiger partial charge in [-0.15, -0.1) is 0 Å². The highest BCUT2D eigenvalue weighted by Crippen LogP contribution is 2.33. The third-order valence-corrected chi connectivity index (χ3v) is 5.60. The highest BCUT2D eigenvalue weighted by molar-refractivity contribution is 5.98. The highest BCUT2D eigenvalue weighted by Gasteiger charge is 2.28. The molecule has 3 aromatic heterocycles. The van der Waals surface area contributed by atoms with Gasteiger partial charge in [-0.2, -0.15) is 5.10 Å². The second-order valence-corrected chi connectivity index (χ2v) is 7.70. The first-order valence-electron chi connectivity index (χ1n) is 10.6. The first-order chi connectivity index (χ1) is 16.1. The van der Waals surface area contributed by atoms with Crippen LogP contribution in [0, 0.1) is 0 Å². The number of ether oxygens (including phenoxy) is 1. The molecule has 0 unspecified atom stereocenters. The highest BCUT2D eigenvalue weighted by atomic mass is 16.5. The summed E-state index contributed by atoms with van der Waals surface area (Å²) < 4.78 is 7.52. The van der Waals surface area contributed by atoms with Crippen LogP contribution in [0.3, 0.4) is 0 Å². The molecule has 1 aromatic carbocycles. The van der Waals surface area contributed by atoms with Crippen molar-refractivity contribution in [2.24, 2.45) is 0 Å². The summed E-state index contributed by atoms with van der Waals surface area (Å²) in [7, 11) is 0. The van der Waals surface area contributed by atoms with Gasteiger partial charge in [0.1, 0.15) is 23.6 Å². The van der Waals surface area contributed by atoms with Crippen LogP contribution in [0.4, 0.5) is 5.82 Å². The minimum atomic E-state index is -0.0899. The fraction of sp³-hybridized carbons (Fsp3) is 0.217.